The fourth-order valence-electron chi connectivity index (χ4n) is 2.11. The van der Waals surface area contributed by atoms with Crippen LogP contribution in [0.1, 0.15) is 29.3 Å². The van der Waals surface area contributed by atoms with E-state index < -0.39 is 5.41 Å². The molecule has 0 saturated heterocycles. The van der Waals surface area contributed by atoms with E-state index in [0.29, 0.717) is 0 Å². The second kappa shape index (κ2) is 3.63. The fourth-order valence-corrected chi connectivity index (χ4v) is 3.26. The van der Waals surface area contributed by atoms with Gasteiger partial charge in [0.15, 0.2) is 0 Å². The van der Waals surface area contributed by atoms with Crippen molar-refractivity contribution in [2.75, 3.05) is 0 Å². The molecule has 0 unspecified atom stereocenters. The van der Waals surface area contributed by atoms with Crippen molar-refractivity contribution < 1.29 is 4.39 Å². The topological polar surface area (TPSA) is 36.7 Å². The van der Waals surface area contributed by atoms with Crippen LogP contribution in [0.25, 0.3) is 11.3 Å². The summed E-state index contributed by atoms with van der Waals surface area (Å²) in [4.78, 5) is 5.71. The highest BCUT2D eigenvalue weighted by atomic mass is 32.1. The van der Waals surface area contributed by atoms with Gasteiger partial charge in [0.1, 0.15) is 16.2 Å². The maximum Gasteiger partial charge on any atom is 0.123 e. The van der Waals surface area contributed by atoms with Crippen molar-refractivity contribution in [1.82, 2.24) is 4.98 Å². The first-order valence-corrected chi connectivity index (χ1v) is 6.53. The summed E-state index contributed by atoms with van der Waals surface area (Å²) < 4.78 is 13.2. The molecule has 0 radical (unpaired) electrons. The zero-order valence-electron chi connectivity index (χ0n) is 10.1. The first kappa shape index (κ1) is 11.4. The Morgan fingerprint density at radius 3 is 2.94 bits per heavy atom. The van der Waals surface area contributed by atoms with Crippen LogP contribution in [-0.2, 0) is 11.8 Å². The van der Waals surface area contributed by atoms with Gasteiger partial charge in [0, 0.05) is 16.9 Å². The summed E-state index contributed by atoms with van der Waals surface area (Å²) in [6.07, 6.45) is 0.724. The van der Waals surface area contributed by atoms with Crippen molar-refractivity contribution in [1.29, 1.82) is 5.26 Å². The molecule has 1 aliphatic carbocycles. The van der Waals surface area contributed by atoms with Crippen LogP contribution in [-0.4, -0.2) is 4.98 Å². The van der Waals surface area contributed by atoms with Gasteiger partial charge in [0.05, 0.1) is 11.8 Å². The molecule has 4 heteroatoms. The van der Waals surface area contributed by atoms with Crippen molar-refractivity contribution >= 4 is 11.3 Å². The Morgan fingerprint density at radius 1 is 1.44 bits per heavy atom. The molecule has 0 atom stereocenters. The Hall–Kier alpha value is -1.73. The lowest BCUT2D eigenvalue weighted by Crippen LogP contribution is -2.13. The molecule has 1 aliphatic rings. The van der Waals surface area contributed by atoms with Gasteiger partial charge >= 0.3 is 0 Å². The second-order valence-electron chi connectivity index (χ2n) is 5.01. The number of nitriles is 1. The predicted octanol–water partition coefficient (Wildman–Crippen LogP) is 3.65. The average Bonchev–Trinajstić information content (AvgIpc) is 2.85. The molecule has 0 bridgehead atoms. The molecule has 90 valence electrons. The molecule has 1 heterocycles. The SMILES string of the molecule is CC(C)(C#N)c1nc2c(s1)Cc1cc(F)ccc1-2. The van der Waals surface area contributed by atoms with Gasteiger partial charge in [-0.25, -0.2) is 9.37 Å². The maximum atomic E-state index is 13.2. The number of hydrogen-bond acceptors (Lipinski definition) is 3. The van der Waals surface area contributed by atoms with Crippen molar-refractivity contribution in [3.63, 3.8) is 0 Å². The van der Waals surface area contributed by atoms with E-state index in [2.05, 4.69) is 11.1 Å². The van der Waals surface area contributed by atoms with Crippen LogP contribution in [0.5, 0.6) is 0 Å². The van der Waals surface area contributed by atoms with Gasteiger partial charge in [0.25, 0.3) is 0 Å². The molecule has 0 N–H and O–H groups in total. The van der Waals surface area contributed by atoms with E-state index in [1.807, 2.05) is 13.8 Å². The molecular weight excluding hydrogens is 247 g/mol. The van der Waals surface area contributed by atoms with Crippen LogP contribution in [0.4, 0.5) is 4.39 Å². The van der Waals surface area contributed by atoms with Crippen LogP contribution in [0, 0.1) is 17.1 Å². The first-order chi connectivity index (χ1) is 8.51. The van der Waals surface area contributed by atoms with Gasteiger partial charge in [-0.05, 0) is 37.6 Å². The summed E-state index contributed by atoms with van der Waals surface area (Å²) in [5, 5.41) is 9.98. The van der Waals surface area contributed by atoms with E-state index in [9.17, 15) is 4.39 Å². The van der Waals surface area contributed by atoms with Gasteiger partial charge < -0.3 is 0 Å². The highest BCUT2D eigenvalue weighted by molar-refractivity contribution is 7.12. The number of hydrogen-bond donors (Lipinski definition) is 0. The van der Waals surface area contributed by atoms with Gasteiger partial charge in [0.2, 0.25) is 0 Å². The molecular formula is C14H11FN2S. The number of halogens is 1. The second-order valence-corrected chi connectivity index (χ2v) is 6.09. The van der Waals surface area contributed by atoms with Gasteiger partial charge in [-0.2, -0.15) is 5.26 Å². The number of thiazole rings is 1. The molecule has 1 aromatic carbocycles. The standard InChI is InChI=1S/C14H11FN2S/c1-14(2,7-16)13-17-12-10-4-3-9(15)5-8(10)6-11(12)18-13/h3-5H,6H2,1-2H3. The Morgan fingerprint density at radius 2 is 2.22 bits per heavy atom. The average molecular weight is 258 g/mol. The molecule has 0 aliphatic heterocycles. The zero-order valence-corrected chi connectivity index (χ0v) is 10.9. The van der Waals surface area contributed by atoms with E-state index in [4.69, 9.17) is 5.26 Å². The minimum atomic E-state index is -0.560. The Labute approximate surface area is 109 Å². The van der Waals surface area contributed by atoms with Crippen molar-refractivity contribution in [3.05, 3.63) is 39.5 Å². The third-order valence-electron chi connectivity index (χ3n) is 3.18. The summed E-state index contributed by atoms with van der Waals surface area (Å²) in [6.45, 7) is 3.74. The summed E-state index contributed by atoms with van der Waals surface area (Å²) in [6, 6.07) is 7.07. The van der Waals surface area contributed by atoms with Crippen LogP contribution in [0.2, 0.25) is 0 Å². The quantitative estimate of drug-likeness (QED) is 0.668. The smallest absolute Gasteiger partial charge is 0.123 e. The lowest BCUT2D eigenvalue weighted by molar-refractivity contribution is 0.626. The number of nitrogens with zero attached hydrogens (tertiary/aromatic N) is 2. The lowest BCUT2D eigenvalue weighted by Gasteiger charge is -2.10. The van der Waals surface area contributed by atoms with Crippen molar-refractivity contribution in [2.24, 2.45) is 0 Å². The van der Waals surface area contributed by atoms with Crippen LogP contribution in [0.15, 0.2) is 18.2 Å². The fraction of sp³-hybridized carbons (Fsp3) is 0.286. The minimum absolute atomic E-state index is 0.207. The minimum Gasteiger partial charge on any atom is -0.239 e. The maximum absolute atomic E-state index is 13.2. The largest absolute Gasteiger partial charge is 0.239 e. The molecule has 0 spiro atoms. The summed E-state index contributed by atoms with van der Waals surface area (Å²) in [5.74, 6) is -0.207. The molecule has 0 saturated carbocycles. The summed E-state index contributed by atoms with van der Waals surface area (Å²) in [5.41, 5.74) is 2.36. The van der Waals surface area contributed by atoms with Crippen LogP contribution >= 0.6 is 11.3 Å². The van der Waals surface area contributed by atoms with Crippen LogP contribution in [0.3, 0.4) is 0 Å². The predicted molar refractivity (Wildman–Crippen MR) is 69.0 cm³/mol. The zero-order chi connectivity index (χ0) is 12.9. The monoisotopic (exact) mass is 258 g/mol. The third kappa shape index (κ3) is 1.55. The van der Waals surface area contributed by atoms with Crippen molar-refractivity contribution in [2.45, 2.75) is 25.7 Å². The molecule has 2 aromatic rings. The third-order valence-corrected chi connectivity index (χ3v) is 4.56. The Balaban J connectivity index is 2.12. The van der Waals surface area contributed by atoms with Gasteiger partial charge in [-0.1, -0.05) is 0 Å². The number of benzene rings is 1. The van der Waals surface area contributed by atoms with E-state index in [1.54, 1.807) is 23.5 Å². The molecule has 1 aromatic heterocycles. The summed E-state index contributed by atoms with van der Waals surface area (Å²) >= 11 is 1.56. The highest BCUT2D eigenvalue weighted by Crippen LogP contribution is 2.42. The lowest BCUT2D eigenvalue weighted by atomic mass is 9.97. The number of aromatic nitrogens is 1. The molecule has 3 rings (SSSR count). The number of fused-ring (bicyclic) bond motifs is 3. The number of rotatable bonds is 1. The summed E-state index contributed by atoms with van der Waals surface area (Å²) in [7, 11) is 0. The van der Waals surface area contributed by atoms with E-state index in [1.165, 1.54) is 6.07 Å². The molecule has 0 fully saturated rings. The normalized spacial score (nSPS) is 13.0. The Kier molecular flexibility index (Phi) is 2.29. The van der Waals surface area contributed by atoms with E-state index in [-0.39, 0.29) is 5.82 Å². The van der Waals surface area contributed by atoms with Crippen LogP contribution < -0.4 is 0 Å². The first-order valence-electron chi connectivity index (χ1n) is 5.71. The van der Waals surface area contributed by atoms with E-state index in [0.717, 1.165) is 33.1 Å². The Bertz CT molecular complexity index is 680. The van der Waals surface area contributed by atoms with E-state index >= 15 is 0 Å². The van der Waals surface area contributed by atoms with Crippen molar-refractivity contribution in [3.8, 4) is 17.3 Å². The highest BCUT2D eigenvalue weighted by Gasteiger charge is 2.30. The van der Waals surface area contributed by atoms with Gasteiger partial charge in [-0.3, -0.25) is 0 Å². The molecule has 0 amide bonds. The molecule has 2 nitrogen and oxygen atoms in total. The van der Waals surface area contributed by atoms with Gasteiger partial charge in [-0.15, -0.1) is 11.3 Å². The molecule has 18 heavy (non-hydrogen) atoms.